The van der Waals surface area contributed by atoms with Crippen LogP contribution in [0.25, 0.3) is 0 Å². The molecule has 18 nitrogen and oxygen atoms in total. The Morgan fingerprint density at radius 3 is 2.02 bits per heavy atom. The zero-order valence-electron chi connectivity index (χ0n) is 25.6. The number of aliphatic hydroxyl groups is 5. The smallest absolute Gasteiger partial charge is 0.394 e. The molecular formula is C26H30F6N5O13P. The van der Waals surface area contributed by atoms with E-state index in [2.05, 4.69) is 4.74 Å². The monoisotopic (exact) mass is 765 g/mol. The minimum absolute atomic E-state index is 0.446. The van der Waals surface area contributed by atoms with E-state index < -0.39 is 135 Å². The summed E-state index contributed by atoms with van der Waals surface area (Å²) in [5.74, 6) is -6.09. The first kappa shape index (κ1) is 40.3. The molecule has 0 saturated carbocycles. The Hall–Kier alpha value is -3.50. The molecule has 284 valence electrons. The highest BCUT2D eigenvalue weighted by atomic mass is 31.1. The molecule has 2 aliphatic heterocycles. The van der Waals surface area contributed by atoms with Gasteiger partial charge in [0.2, 0.25) is 0 Å². The molecule has 2 fully saturated rings. The summed E-state index contributed by atoms with van der Waals surface area (Å²) in [4.78, 5) is 52.0. The molecule has 7 N–H and O–H groups in total. The van der Waals surface area contributed by atoms with Crippen LogP contribution in [0.2, 0.25) is 0 Å². The lowest BCUT2D eigenvalue weighted by molar-refractivity contribution is -0.299. The molecule has 2 unspecified atom stereocenters. The summed E-state index contributed by atoms with van der Waals surface area (Å²) in [6, 6.07) is 3.42. The van der Waals surface area contributed by atoms with Crippen molar-refractivity contribution in [2.75, 3.05) is 26.2 Å². The SMILES string of the molecule is N#CCCP(C(O)[C@H]1O[C@@H](n2ccc(=O)[nH]c2=O)[C@H](OCOCC(C(F)(F)F)C(F)(F)F)[C@@H]1O)[C@@]1(O)[C@@H](CO)O[C@@H](n2ccc(=O)[nH]c2=O)[C@@H]1O. The Kier molecular flexibility index (Phi) is 12.3. The number of hydrogen-bond donors (Lipinski definition) is 7. The molecule has 0 spiro atoms. The average Bonchev–Trinajstić information content (AvgIpc) is 3.48. The van der Waals surface area contributed by atoms with Crippen LogP contribution in [-0.2, 0) is 18.9 Å². The molecule has 4 heterocycles. The number of alkyl halides is 6. The number of aliphatic hydroxyl groups excluding tert-OH is 4. The number of halogens is 6. The van der Waals surface area contributed by atoms with Gasteiger partial charge in [-0.2, -0.15) is 31.6 Å². The van der Waals surface area contributed by atoms with Crippen molar-refractivity contribution in [2.24, 2.45) is 5.92 Å². The number of aromatic amines is 2. The quantitative estimate of drug-likeness (QED) is 0.0508. The minimum atomic E-state index is -5.76. The lowest BCUT2D eigenvalue weighted by Crippen LogP contribution is -2.52. The number of H-pyrrole nitrogens is 2. The van der Waals surface area contributed by atoms with Gasteiger partial charge in [0.1, 0.15) is 48.5 Å². The molecule has 10 atom stereocenters. The molecule has 51 heavy (non-hydrogen) atoms. The summed E-state index contributed by atoms with van der Waals surface area (Å²) < 4.78 is 99.9. The lowest BCUT2D eigenvalue weighted by atomic mass is 10.1. The topological polar surface area (TPSA) is 272 Å². The second kappa shape index (κ2) is 15.6. The van der Waals surface area contributed by atoms with Crippen molar-refractivity contribution in [3.63, 3.8) is 0 Å². The highest BCUT2D eigenvalue weighted by Crippen LogP contribution is 2.62. The fourth-order valence-electron chi connectivity index (χ4n) is 5.61. The van der Waals surface area contributed by atoms with E-state index in [0.29, 0.717) is 9.13 Å². The summed E-state index contributed by atoms with van der Waals surface area (Å²) in [7, 11) is -2.74. The van der Waals surface area contributed by atoms with Crippen LogP contribution in [0, 0.1) is 17.2 Å². The van der Waals surface area contributed by atoms with Gasteiger partial charge in [-0.15, -0.1) is 0 Å². The highest BCUT2D eigenvalue weighted by molar-refractivity contribution is 7.59. The van der Waals surface area contributed by atoms with E-state index in [1.807, 2.05) is 9.97 Å². The first-order valence-corrected chi connectivity index (χ1v) is 16.1. The zero-order chi connectivity index (χ0) is 38.1. The average molecular weight is 766 g/mol. The summed E-state index contributed by atoms with van der Waals surface area (Å²) >= 11 is 0. The molecular weight excluding hydrogens is 735 g/mol. The molecule has 0 aliphatic carbocycles. The van der Waals surface area contributed by atoms with Crippen molar-refractivity contribution in [2.45, 2.75) is 72.9 Å². The van der Waals surface area contributed by atoms with Crippen molar-refractivity contribution in [3.05, 3.63) is 66.2 Å². The Morgan fingerprint density at radius 1 is 0.980 bits per heavy atom. The third kappa shape index (κ3) is 8.27. The highest BCUT2D eigenvalue weighted by Gasteiger charge is 2.63. The molecule has 0 radical (unpaired) electrons. The molecule has 25 heteroatoms. The van der Waals surface area contributed by atoms with Crippen LogP contribution in [-0.4, -0.2) is 125 Å². The van der Waals surface area contributed by atoms with E-state index >= 15 is 0 Å². The third-order valence-corrected chi connectivity index (χ3v) is 11.2. The number of hydrogen-bond acceptors (Lipinski definition) is 14. The molecule has 0 amide bonds. The molecule has 4 rings (SSSR count). The molecule has 2 aliphatic rings. The second-order valence-electron chi connectivity index (χ2n) is 11.2. The summed E-state index contributed by atoms with van der Waals surface area (Å²) in [6.45, 7) is -4.41. The third-order valence-electron chi connectivity index (χ3n) is 8.11. The van der Waals surface area contributed by atoms with Crippen LogP contribution in [0.3, 0.4) is 0 Å². The molecule has 2 aromatic rings. The van der Waals surface area contributed by atoms with Gasteiger partial charge in [0.15, 0.2) is 18.4 Å². The number of nitrogens with zero attached hydrogens (tertiary/aromatic N) is 3. The predicted molar refractivity (Wildman–Crippen MR) is 154 cm³/mol. The first-order chi connectivity index (χ1) is 23.8. The van der Waals surface area contributed by atoms with E-state index in [0.717, 1.165) is 24.5 Å². The van der Waals surface area contributed by atoms with Gasteiger partial charge >= 0.3 is 23.7 Å². The van der Waals surface area contributed by atoms with Gasteiger partial charge in [-0.05, 0) is 14.1 Å². The Bertz CT molecular complexity index is 1780. The van der Waals surface area contributed by atoms with Crippen LogP contribution in [0.15, 0.2) is 43.7 Å². The fraction of sp³-hybridized carbons (Fsp3) is 0.654. The van der Waals surface area contributed by atoms with Gasteiger partial charge in [-0.1, -0.05) is 0 Å². The van der Waals surface area contributed by atoms with Gasteiger partial charge in [0.25, 0.3) is 11.1 Å². The zero-order valence-corrected chi connectivity index (χ0v) is 26.5. The summed E-state index contributed by atoms with van der Waals surface area (Å²) in [5, 5.41) is 62.9. The maximum absolute atomic E-state index is 13.0. The number of rotatable bonds is 13. The predicted octanol–water partition coefficient (Wildman–Crippen LogP) is -1.90. The molecule has 0 aromatic carbocycles. The van der Waals surface area contributed by atoms with Crippen LogP contribution >= 0.6 is 7.92 Å². The summed E-state index contributed by atoms with van der Waals surface area (Å²) in [6.07, 6.45) is -24.5. The van der Waals surface area contributed by atoms with Crippen molar-refractivity contribution in [1.82, 2.24) is 19.1 Å². The maximum atomic E-state index is 13.0. The number of nitrogens with one attached hydrogen (secondary N) is 2. The van der Waals surface area contributed by atoms with Gasteiger partial charge in [-0.25, -0.2) is 9.59 Å². The Balaban J connectivity index is 1.67. The largest absolute Gasteiger partial charge is 0.402 e. The van der Waals surface area contributed by atoms with E-state index in [-0.39, 0.29) is 0 Å². The van der Waals surface area contributed by atoms with E-state index in [1.54, 1.807) is 6.07 Å². The van der Waals surface area contributed by atoms with Gasteiger partial charge in [-0.3, -0.25) is 28.7 Å². The van der Waals surface area contributed by atoms with Crippen molar-refractivity contribution in [1.29, 1.82) is 5.26 Å². The molecule has 2 saturated heterocycles. The van der Waals surface area contributed by atoms with Gasteiger partial charge in [0.05, 0.1) is 19.3 Å². The van der Waals surface area contributed by atoms with Crippen molar-refractivity contribution >= 4 is 7.92 Å². The number of nitriles is 1. The van der Waals surface area contributed by atoms with Crippen molar-refractivity contribution < 1.29 is 70.8 Å². The number of aromatic nitrogens is 4. The Morgan fingerprint density at radius 2 is 1.53 bits per heavy atom. The normalized spacial score (nSPS) is 29.7. The molecule has 2 aromatic heterocycles. The first-order valence-electron chi connectivity index (χ1n) is 14.5. The Labute approximate surface area is 280 Å². The standard InChI is InChI=1S/C26H30F6N5O13P/c27-25(28,29)11(26(30,31)32)9-47-10-48-16-15(41)17(50-19(16)36-5-2-13(39)34-22(36)44)21(43)51(7-1-4-33)24(46)12(8-38)49-20(18(24)42)37-6-3-14(40)35-23(37)45/h2-3,5-6,11-12,15-21,38,41-43,46H,1,7-10H2,(H,34,39,44)(H,35,40,45)/t12-,15+,16-,17+,18+,19-,20-,21?,24+,51?/m1/s1. The van der Waals surface area contributed by atoms with E-state index in [1.165, 1.54) is 0 Å². The van der Waals surface area contributed by atoms with Crippen LogP contribution in [0.5, 0.6) is 0 Å². The fourth-order valence-corrected chi connectivity index (χ4v) is 8.58. The van der Waals surface area contributed by atoms with Crippen LogP contribution in [0.4, 0.5) is 26.3 Å². The number of ether oxygens (including phenoxy) is 4. The molecule has 0 bridgehead atoms. The summed E-state index contributed by atoms with van der Waals surface area (Å²) in [5.41, 5.74) is -4.08. The van der Waals surface area contributed by atoms with Gasteiger partial charge < -0.3 is 44.5 Å². The second-order valence-corrected chi connectivity index (χ2v) is 13.8. The van der Waals surface area contributed by atoms with Crippen LogP contribution < -0.4 is 22.5 Å². The minimum Gasteiger partial charge on any atom is -0.394 e. The van der Waals surface area contributed by atoms with Gasteiger partial charge in [0, 0.05) is 30.9 Å². The maximum Gasteiger partial charge on any atom is 0.402 e. The lowest BCUT2D eigenvalue weighted by Gasteiger charge is -2.42. The van der Waals surface area contributed by atoms with Crippen LogP contribution in [0.1, 0.15) is 18.9 Å². The van der Waals surface area contributed by atoms with Crippen molar-refractivity contribution in [3.8, 4) is 6.07 Å². The van der Waals surface area contributed by atoms with E-state index in [4.69, 9.17) is 14.2 Å². The van der Waals surface area contributed by atoms with E-state index in [9.17, 15) is 76.3 Å².